The molecule has 1 amide bonds. The molecule has 1 heterocycles. The fourth-order valence-corrected chi connectivity index (χ4v) is 2.50. The number of thiazole rings is 1. The maximum atomic E-state index is 12.1. The highest BCUT2D eigenvalue weighted by Gasteiger charge is 2.25. The van der Waals surface area contributed by atoms with Crippen LogP contribution in [0.4, 0.5) is 5.69 Å². The number of nitrogens with zero attached hydrogens (tertiary/aromatic N) is 2. The average molecular weight is 366 g/mol. The number of carbonyl (C=O) groups excluding carboxylic acids is 2. The molecule has 1 N–H and O–H groups in total. The van der Waals surface area contributed by atoms with Crippen LogP contribution in [0.25, 0.3) is 6.08 Å². The zero-order valence-electron chi connectivity index (χ0n) is 11.5. The van der Waals surface area contributed by atoms with E-state index in [1.54, 1.807) is 29.8 Å². The van der Waals surface area contributed by atoms with Crippen molar-refractivity contribution in [3.63, 3.8) is 0 Å². The number of amides is 1. The zero-order chi connectivity index (χ0) is 16.8. The Bertz CT molecular complexity index is 798. The van der Waals surface area contributed by atoms with Crippen molar-refractivity contribution >= 4 is 58.0 Å². The SMILES string of the molecule is N#C[C@H](C(=O)/C=C\c1nccs1)C(=O)Nc1cccc(Cl)c1Cl. The van der Waals surface area contributed by atoms with Gasteiger partial charge in [-0.3, -0.25) is 9.59 Å². The van der Waals surface area contributed by atoms with E-state index < -0.39 is 17.6 Å². The molecule has 0 radical (unpaired) electrons. The Labute approximate surface area is 146 Å². The predicted molar refractivity (Wildman–Crippen MR) is 90.3 cm³/mol. The van der Waals surface area contributed by atoms with Gasteiger partial charge in [-0.1, -0.05) is 29.3 Å². The number of rotatable bonds is 5. The molecule has 116 valence electrons. The molecule has 1 aromatic heterocycles. The first-order chi connectivity index (χ1) is 11.0. The van der Waals surface area contributed by atoms with Crippen LogP contribution in [0.3, 0.4) is 0 Å². The van der Waals surface area contributed by atoms with Crippen LogP contribution in [0.15, 0.2) is 35.9 Å². The Morgan fingerprint density at radius 2 is 2.17 bits per heavy atom. The normalized spacial score (nSPS) is 11.9. The lowest BCUT2D eigenvalue weighted by Gasteiger charge is -2.10. The third kappa shape index (κ3) is 4.39. The molecule has 8 heteroatoms. The molecule has 5 nitrogen and oxygen atoms in total. The monoisotopic (exact) mass is 365 g/mol. The number of aromatic nitrogens is 1. The number of benzene rings is 1. The summed E-state index contributed by atoms with van der Waals surface area (Å²) in [7, 11) is 0. The smallest absolute Gasteiger partial charge is 0.249 e. The maximum Gasteiger partial charge on any atom is 0.249 e. The van der Waals surface area contributed by atoms with Crippen molar-refractivity contribution in [2.45, 2.75) is 0 Å². The Balaban J connectivity index is 2.11. The molecule has 2 rings (SSSR count). The number of allylic oxidation sites excluding steroid dienone is 1. The Morgan fingerprint density at radius 3 is 2.83 bits per heavy atom. The number of hydrogen-bond donors (Lipinski definition) is 1. The van der Waals surface area contributed by atoms with Crippen LogP contribution in [0.5, 0.6) is 0 Å². The lowest BCUT2D eigenvalue weighted by molar-refractivity contribution is -0.126. The molecule has 0 aliphatic carbocycles. The number of ketones is 1. The van der Waals surface area contributed by atoms with Gasteiger partial charge in [0.2, 0.25) is 5.91 Å². The van der Waals surface area contributed by atoms with E-state index in [-0.39, 0.29) is 15.7 Å². The lowest BCUT2D eigenvalue weighted by Crippen LogP contribution is -2.27. The Kier molecular flexibility index (Phi) is 5.88. The Hall–Kier alpha value is -2.20. The standard InChI is InChI=1S/C15H9Cl2N3O2S/c16-10-2-1-3-11(14(10)17)20-15(22)9(8-18)12(21)4-5-13-19-6-7-23-13/h1-7,9H,(H,20,22)/b5-4-/t9-/m1/s1. The van der Waals surface area contributed by atoms with Crippen LogP contribution in [-0.4, -0.2) is 16.7 Å². The second kappa shape index (κ2) is 7.88. The van der Waals surface area contributed by atoms with Crippen molar-refractivity contribution in [3.05, 3.63) is 50.9 Å². The summed E-state index contributed by atoms with van der Waals surface area (Å²) in [6.45, 7) is 0. The zero-order valence-corrected chi connectivity index (χ0v) is 13.8. The van der Waals surface area contributed by atoms with Crippen LogP contribution in [0.1, 0.15) is 5.01 Å². The van der Waals surface area contributed by atoms with Crippen molar-refractivity contribution in [1.29, 1.82) is 5.26 Å². The minimum atomic E-state index is -1.48. The van der Waals surface area contributed by atoms with E-state index in [1.807, 2.05) is 0 Å². The average Bonchev–Trinajstić information content (AvgIpc) is 3.04. The summed E-state index contributed by atoms with van der Waals surface area (Å²) in [6, 6.07) is 6.36. The predicted octanol–water partition coefficient (Wildman–Crippen LogP) is 3.81. The van der Waals surface area contributed by atoms with Crippen LogP contribution in [-0.2, 0) is 9.59 Å². The molecule has 0 aliphatic rings. The first kappa shape index (κ1) is 17.2. The molecule has 2 aromatic rings. The van der Waals surface area contributed by atoms with Gasteiger partial charge in [0.05, 0.1) is 21.8 Å². The van der Waals surface area contributed by atoms with Gasteiger partial charge in [0, 0.05) is 11.6 Å². The van der Waals surface area contributed by atoms with Gasteiger partial charge in [-0.2, -0.15) is 5.26 Å². The molecule has 1 atom stereocenters. The van der Waals surface area contributed by atoms with E-state index >= 15 is 0 Å². The van der Waals surface area contributed by atoms with E-state index in [2.05, 4.69) is 10.3 Å². The summed E-state index contributed by atoms with van der Waals surface area (Å²) in [5.74, 6) is -2.90. The summed E-state index contributed by atoms with van der Waals surface area (Å²) >= 11 is 13.1. The number of nitriles is 1. The summed E-state index contributed by atoms with van der Waals surface area (Å²) in [5.41, 5.74) is 0.237. The minimum absolute atomic E-state index is 0.144. The molecule has 0 aliphatic heterocycles. The van der Waals surface area contributed by atoms with Crippen molar-refractivity contribution in [2.75, 3.05) is 5.32 Å². The van der Waals surface area contributed by atoms with Gasteiger partial charge < -0.3 is 5.32 Å². The molecule has 0 saturated carbocycles. The highest BCUT2D eigenvalue weighted by atomic mass is 35.5. The number of anilines is 1. The molecule has 0 unspecified atom stereocenters. The van der Waals surface area contributed by atoms with Gasteiger partial charge in [0.15, 0.2) is 11.7 Å². The molecule has 0 saturated heterocycles. The number of halogens is 2. The quantitative estimate of drug-likeness (QED) is 0.644. The second-order valence-electron chi connectivity index (χ2n) is 4.26. The van der Waals surface area contributed by atoms with Crippen LogP contribution in [0, 0.1) is 17.2 Å². The summed E-state index contributed by atoms with van der Waals surface area (Å²) in [6.07, 6.45) is 4.20. The van der Waals surface area contributed by atoms with Gasteiger partial charge in [0.1, 0.15) is 5.01 Å². The van der Waals surface area contributed by atoms with Gasteiger partial charge in [-0.25, -0.2) is 4.98 Å². The van der Waals surface area contributed by atoms with Crippen molar-refractivity contribution in [2.24, 2.45) is 5.92 Å². The van der Waals surface area contributed by atoms with E-state index in [4.69, 9.17) is 28.5 Å². The number of carbonyl (C=O) groups is 2. The fourth-order valence-electron chi connectivity index (χ4n) is 1.62. The van der Waals surface area contributed by atoms with Gasteiger partial charge in [-0.05, 0) is 24.3 Å². The second-order valence-corrected chi connectivity index (χ2v) is 5.97. The van der Waals surface area contributed by atoms with Crippen LogP contribution < -0.4 is 5.32 Å². The molecule has 0 bridgehead atoms. The van der Waals surface area contributed by atoms with Gasteiger partial charge >= 0.3 is 0 Å². The van der Waals surface area contributed by atoms with Crippen molar-refractivity contribution in [3.8, 4) is 6.07 Å². The molecular formula is C15H9Cl2N3O2S. The largest absolute Gasteiger partial charge is 0.323 e. The molecule has 0 fully saturated rings. The molecule has 23 heavy (non-hydrogen) atoms. The lowest BCUT2D eigenvalue weighted by atomic mass is 10.0. The first-order valence-electron chi connectivity index (χ1n) is 6.29. The third-order valence-electron chi connectivity index (χ3n) is 2.73. The highest BCUT2D eigenvalue weighted by Crippen LogP contribution is 2.29. The summed E-state index contributed by atoms with van der Waals surface area (Å²) < 4.78 is 0. The first-order valence-corrected chi connectivity index (χ1v) is 7.92. The molecular weight excluding hydrogens is 357 g/mol. The van der Waals surface area contributed by atoms with E-state index in [0.29, 0.717) is 5.01 Å². The number of hydrogen-bond acceptors (Lipinski definition) is 5. The van der Waals surface area contributed by atoms with Gasteiger partial charge in [-0.15, -0.1) is 11.3 Å². The van der Waals surface area contributed by atoms with Crippen LogP contribution >= 0.6 is 34.5 Å². The maximum absolute atomic E-state index is 12.1. The summed E-state index contributed by atoms with van der Waals surface area (Å²) in [4.78, 5) is 28.1. The fraction of sp³-hybridized carbons (Fsp3) is 0.0667. The minimum Gasteiger partial charge on any atom is -0.323 e. The summed E-state index contributed by atoms with van der Waals surface area (Å²) in [5, 5.41) is 14.3. The van der Waals surface area contributed by atoms with Crippen molar-refractivity contribution in [1.82, 2.24) is 4.98 Å². The van der Waals surface area contributed by atoms with Crippen LogP contribution in [0.2, 0.25) is 10.0 Å². The highest BCUT2D eigenvalue weighted by molar-refractivity contribution is 7.10. The third-order valence-corrected chi connectivity index (χ3v) is 4.29. The Morgan fingerprint density at radius 1 is 1.39 bits per heavy atom. The van der Waals surface area contributed by atoms with E-state index in [0.717, 1.165) is 6.08 Å². The number of nitrogens with one attached hydrogen (secondary N) is 1. The van der Waals surface area contributed by atoms with E-state index in [1.165, 1.54) is 23.5 Å². The molecule has 1 aromatic carbocycles. The molecule has 0 spiro atoms. The topological polar surface area (TPSA) is 82.8 Å². The van der Waals surface area contributed by atoms with Crippen molar-refractivity contribution < 1.29 is 9.59 Å². The van der Waals surface area contributed by atoms with E-state index in [9.17, 15) is 9.59 Å². The van der Waals surface area contributed by atoms with Gasteiger partial charge in [0.25, 0.3) is 0 Å².